The third-order valence-electron chi connectivity index (χ3n) is 1.49. The van der Waals surface area contributed by atoms with E-state index in [-0.39, 0.29) is 12.1 Å². The molecule has 0 aliphatic rings. The van der Waals surface area contributed by atoms with E-state index >= 15 is 0 Å². The number of rotatable bonds is 3. The molecule has 0 bridgehead atoms. The van der Waals surface area contributed by atoms with Gasteiger partial charge in [-0.1, -0.05) is 0 Å². The molecule has 5 heteroatoms. The molecule has 0 fully saturated rings. The van der Waals surface area contributed by atoms with Gasteiger partial charge in [0.1, 0.15) is 0 Å². The summed E-state index contributed by atoms with van der Waals surface area (Å²) in [5, 5.41) is 7.55. The molecule has 14 heavy (non-hydrogen) atoms. The van der Waals surface area contributed by atoms with Crippen molar-refractivity contribution in [3.05, 3.63) is 20.8 Å². The molecule has 0 spiro atoms. The van der Waals surface area contributed by atoms with Crippen LogP contribution in [0, 0.1) is 0 Å². The molecule has 0 saturated carbocycles. The van der Waals surface area contributed by atoms with E-state index in [1.54, 1.807) is 11.3 Å². The van der Waals surface area contributed by atoms with E-state index in [2.05, 4.69) is 26.6 Å². The minimum absolute atomic E-state index is 0.123. The van der Waals surface area contributed by atoms with Gasteiger partial charge in [0.2, 0.25) is 0 Å². The van der Waals surface area contributed by atoms with Crippen molar-refractivity contribution in [3.63, 3.8) is 0 Å². The van der Waals surface area contributed by atoms with Crippen LogP contribution in [-0.2, 0) is 6.54 Å². The van der Waals surface area contributed by atoms with Gasteiger partial charge in [0.25, 0.3) is 0 Å². The fourth-order valence-corrected chi connectivity index (χ4v) is 2.14. The molecule has 2 N–H and O–H groups in total. The Kier molecular flexibility index (Phi) is 4.41. The zero-order chi connectivity index (χ0) is 10.6. The molecule has 1 aromatic rings. The van der Waals surface area contributed by atoms with Crippen LogP contribution in [0.2, 0.25) is 0 Å². The number of carbonyl (C=O) groups is 1. The first kappa shape index (κ1) is 11.5. The van der Waals surface area contributed by atoms with Crippen molar-refractivity contribution in [1.29, 1.82) is 0 Å². The summed E-state index contributed by atoms with van der Waals surface area (Å²) in [7, 11) is 0. The van der Waals surface area contributed by atoms with E-state index in [1.807, 2.05) is 25.3 Å². The minimum atomic E-state index is -0.123. The zero-order valence-electron chi connectivity index (χ0n) is 8.13. The molecule has 0 saturated heterocycles. The number of hydrogen-bond donors (Lipinski definition) is 2. The van der Waals surface area contributed by atoms with Gasteiger partial charge in [0, 0.05) is 12.6 Å². The Morgan fingerprint density at radius 2 is 2.36 bits per heavy atom. The third-order valence-corrected chi connectivity index (χ3v) is 3.05. The summed E-state index contributed by atoms with van der Waals surface area (Å²) in [5.74, 6) is 0. The third kappa shape index (κ3) is 4.11. The Balaban J connectivity index is 2.30. The van der Waals surface area contributed by atoms with Crippen LogP contribution in [-0.4, -0.2) is 12.1 Å². The number of nitrogens with one attached hydrogen (secondary N) is 2. The molecule has 0 aliphatic carbocycles. The number of amides is 2. The lowest BCUT2D eigenvalue weighted by Crippen LogP contribution is -2.38. The van der Waals surface area contributed by atoms with Crippen LogP contribution in [0.3, 0.4) is 0 Å². The molecular weight excluding hydrogens is 264 g/mol. The molecule has 1 heterocycles. The first-order chi connectivity index (χ1) is 6.58. The van der Waals surface area contributed by atoms with Crippen LogP contribution >= 0.6 is 27.3 Å². The van der Waals surface area contributed by atoms with Gasteiger partial charge in [-0.25, -0.2) is 4.79 Å². The Labute approximate surface area is 96.0 Å². The summed E-state index contributed by atoms with van der Waals surface area (Å²) in [4.78, 5) is 11.2. The van der Waals surface area contributed by atoms with Crippen molar-refractivity contribution in [1.82, 2.24) is 10.6 Å². The van der Waals surface area contributed by atoms with Gasteiger partial charge in [-0.2, -0.15) is 0 Å². The Morgan fingerprint density at radius 3 is 2.86 bits per heavy atom. The zero-order valence-corrected chi connectivity index (χ0v) is 10.5. The number of urea groups is 1. The highest BCUT2D eigenvalue weighted by atomic mass is 79.9. The second kappa shape index (κ2) is 5.36. The molecule has 0 aromatic carbocycles. The number of thiophene rings is 1. The number of hydrogen-bond acceptors (Lipinski definition) is 2. The number of carbonyl (C=O) groups excluding carboxylic acids is 1. The predicted octanol–water partition coefficient (Wildman–Crippen LogP) is 2.72. The van der Waals surface area contributed by atoms with E-state index in [0.29, 0.717) is 6.54 Å². The summed E-state index contributed by atoms with van der Waals surface area (Å²) < 4.78 is 1.08. The van der Waals surface area contributed by atoms with Crippen molar-refractivity contribution in [2.75, 3.05) is 0 Å². The molecule has 3 nitrogen and oxygen atoms in total. The summed E-state index contributed by atoms with van der Waals surface area (Å²) in [5.41, 5.74) is 1.11. The van der Waals surface area contributed by atoms with Crippen LogP contribution in [0.5, 0.6) is 0 Å². The van der Waals surface area contributed by atoms with E-state index in [1.165, 1.54) is 0 Å². The van der Waals surface area contributed by atoms with Gasteiger partial charge < -0.3 is 10.6 Å². The van der Waals surface area contributed by atoms with Crippen LogP contribution < -0.4 is 10.6 Å². The van der Waals surface area contributed by atoms with Crippen LogP contribution in [0.15, 0.2) is 15.2 Å². The normalized spacial score (nSPS) is 10.3. The highest BCUT2D eigenvalue weighted by molar-refractivity contribution is 9.11. The fourth-order valence-electron chi connectivity index (χ4n) is 0.934. The topological polar surface area (TPSA) is 41.1 Å². The van der Waals surface area contributed by atoms with Crippen molar-refractivity contribution < 1.29 is 4.79 Å². The highest BCUT2D eigenvalue weighted by Crippen LogP contribution is 2.20. The summed E-state index contributed by atoms with van der Waals surface area (Å²) in [6.07, 6.45) is 0. The Morgan fingerprint density at radius 1 is 1.64 bits per heavy atom. The summed E-state index contributed by atoms with van der Waals surface area (Å²) in [6, 6.07) is 2.05. The minimum Gasteiger partial charge on any atom is -0.336 e. The van der Waals surface area contributed by atoms with Crippen molar-refractivity contribution in [2.24, 2.45) is 0 Å². The van der Waals surface area contributed by atoms with Crippen LogP contribution in [0.25, 0.3) is 0 Å². The maximum absolute atomic E-state index is 11.2. The molecule has 0 radical (unpaired) electrons. The van der Waals surface area contributed by atoms with Crippen molar-refractivity contribution in [3.8, 4) is 0 Å². The van der Waals surface area contributed by atoms with Crippen molar-refractivity contribution >= 4 is 33.3 Å². The highest BCUT2D eigenvalue weighted by Gasteiger charge is 2.02. The maximum Gasteiger partial charge on any atom is 0.315 e. The second-order valence-corrected chi connectivity index (χ2v) is 5.53. The van der Waals surface area contributed by atoms with Crippen molar-refractivity contribution in [2.45, 2.75) is 26.4 Å². The van der Waals surface area contributed by atoms with E-state index in [9.17, 15) is 4.79 Å². The van der Waals surface area contributed by atoms with Crippen LogP contribution in [0.1, 0.15) is 19.4 Å². The lowest BCUT2D eigenvalue weighted by Gasteiger charge is -2.08. The predicted molar refractivity (Wildman–Crippen MR) is 62.5 cm³/mol. The summed E-state index contributed by atoms with van der Waals surface area (Å²) in [6.45, 7) is 4.43. The van der Waals surface area contributed by atoms with Gasteiger partial charge in [-0.15, -0.1) is 11.3 Å². The maximum atomic E-state index is 11.2. The molecule has 1 rings (SSSR count). The molecule has 1 aromatic heterocycles. The Hall–Kier alpha value is -0.550. The lowest BCUT2D eigenvalue weighted by molar-refractivity contribution is 0.238. The Bertz CT molecular complexity index is 312. The first-order valence-corrected chi connectivity index (χ1v) is 6.02. The average Bonchev–Trinajstić information content (AvgIpc) is 2.47. The largest absolute Gasteiger partial charge is 0.336 e. The first-order valence-electron chi connectivity index (χ1n) is 4.35. The van der Waals surface area contributed by atoms with E-state index in [0.717, 1.165) is 9.35 Å². The second-order valence-electron chi connectivity index (χ2n) is 3.24. The molecule has 0 aliphatic heterocycles. The van der Waals surface area contributed by atoms with Crippen LogP contribution in [0.4, 0.5) is 4.79 Å². The lowest BCUT2D eigenvalue weighted by atomic mass is 10.3. The fraction of sp³-hybridized carbons (Fsp3) is 0.444. The van der Waals surface area contributed by atoms with Gasteiger partial charge in [0.05, 0.1) is 3.79 Å². The quantitative estimate of drug-likeness (QED) is 0.876. The number of halogens is 1. The van der Waals surface area contributed by atoms with E-state index in [4.69, 9.17) is 0 Å². The van der Waals surface area contributed by atoms with E-state index < -0.39 is 0 Å². The molecule has 0 unspecified atom stereocenters. The SMILES string of the molecule is CC(C)NC(=O)NCc1csc(Br)c1. The molecule has 2 amide bonds. The van der Waals surface area contributed by atoms with Gasteiger partial charge in [-0.05, 0) is 46.8 Å². The standard InChI is InChI=1S/C9H13BrN2OS/c1-6(2)12-9(13)11-4-7-3-8(10)14-5-7/h3,5-6H,4H2,1-2H3,(H2,11,12,13). The molecule has 78 valence electrons. The molecular formula is C9H13BrN2OS. The van der Waals surface area contributed by atoms with Gasteiger partial charge >= 0.3 is 6.03 Å². The van der Waals surface area contributed by atoms with Gasteiger partial charge in [0.15, 0.2) is 0 Å². The average molecular weight is 277 g/mol. The summed E-state index contributed by atoms with van der Waals surface area (Å²) >= 11 is 4.98. The monoisotopic (exact) mass is 276 g/mol. The van der Waals surface area contributed by atoms with Gasteiger partial charge in [-0.3, -0.25) is 0 Å². The molecule has 0 atom stereocenters. The smallest absolute Gasteiger partial charge is 0.315 e.